The van der Waals surface area contributed by atoms with Crippen molar-refractivity contribution in [3.8, 4) is 22.3 Å². The molecule has 0 spiro atoms. The number of thiocarbonyl (C=S) groups is 1. The average molecular weight is 384 g/mol. The Morgan fingerprint density at radius 2 is 1.24 bits per heavy atom. The molecule has 0 radical (unpaired) electrons. The van der Waals surface area contributed by atoms with Gasteiger partial charge in [-0.2, -0.15) is 4.99 Å². The van der Waals surface area contributed by atoms with Crippen LogP contribution in [0.3, 0.4) is 0 Å². The van der Waals surface area contributed by atoms with Gasteiger partial charge >= 0.3 is 0 Å². The first-order chi connectivity index (χ1) is 12.1. The van der Waals surface area contributed by atoms with Crippen LogP contribution >= 0.6 is 35.4 Å². The second-order valence-electron chi connectivity index (χ2n) is 5.62. The van der Waals surface area contributed by atoms with Crippen molar-refractivity contribution in [2.24, 2.45) is 4.99 Å². The van der Waals surface area contributed by atoms with E-state index in [1.807, 2.05) is 12.1 Å². The van der Waals surface area contributed by atoms with E-state index < -0.39 is 0 Å². The van der Waals surface area contributed by atoms with Gasteiger partial charge < -0.3 is 0 Å². The van der Waals surface area contributed by atoms with Crippen molar-refractivity contribution in [2.45, 2.75) is 13.3 Å². The van der Waals surface area contributed by atoms with Crippen LogP contribution in [-0.2, 0) is 6.42 Å². The summed E-state index contributed by atoms with van der Waals surface area (Å²) in [6.45, 7) is 2.16. The highest BCUT2D eigenvalue weighted by Crippen LogP contribution is 2.37. The van der Waals surface area contributed by atoms with Crippen molar-refractivity contribution in [2.75, 3.05) is 0 Å². The lowest BCUT2D eigenvalue weighted by atomic mass is 9.99. The third-order valence-electron chi connectivity index (χ3n) is 4.09. The molecule has 0 amide bonds. The third-order valence-corrected chi connectivity index (χ3v) is 4.76. The summed E-state index contributed by atoms with van der Waals surface area (Å²) in [7, 11) is 0. The van der Waals surface area contributed by atoms with E-state index in [2.05, 4.69) is 77.8 Å². The molecule has 0 aliphatic heterocycles. The molecular formula is C21H15Cl2NS. The Kier molecular flexibility index (Phi) is 5.67. The Morgan fingerprint density at radius 1 is 0.800 bits per heavy atom. The molecule has 3 aromatic carbocycles. The first-order valence-electron chi connectivity index (χ1n) is 7.89. The SMILES string of the molecule is CCc1ccc(-c2ccc(-c3cc(Cl)c(N=C=S)c(Cl)c3)cc2)cc1. The molecule has 3 rings (SSSR count). The summed E-state index contributed by atoms with van der Waals surface area (Å²) >= 11 is 17.1. The van der Waals surface area contributed by atoms with Gasteiger partial charge in [0, 0.05) is 0 Å². The molecule has 0 N–H and O–H groups in total. The van der Waals surface area contributed by atoms with Crippen LogP contribution in [0.1, 0.15) is 12.5 Å². The van der Waals surface area contributed by atoms with Crippen LogP contribution < -0.4 is 0 Å². The highest BCUT2D eigenvalue weighted by molar-refractivity contribution is 7.78. The Balaban J connectivity index is 1.93. The molecule has 0 heterocycles. The summed E-state index contributed by atoms with van der Waals surface area (Å²) in [6, 6.07) is 20.6. The molecule has 124 valence electrons. The Labute approximate surface area is 163 Å². The first kappa shape index (κ1) is 17.8. The minimum absolute atomic E-state index is 0.453. The predicted molar refractivity (Wildman–Crippen MR) is 111 cm³/mol. The number of aryl methyl sites for hydroxylation is 1. The molecule has 3 aromatic rings. The number of hydrogen-bond acceptors (Lipinski definition) is 2. The second kappa shape index (κ2) is 7.95. The van der Waals surface area contributed by atoms with Crippen LogP contribution in [0.4, 0.5) is 5.69 Å². The molecule has 0 bridgehead atoms. The topological polar surface area (TPSA) is 12.4 Å². The maximum Gasteiger partial charge on any atom is 0.111 e. The number of aliphatic imine (C=N–C) groups is 1. The van der Waals surface area contributed by atoms with E-state index in [0.717, 1.165) is 17.5 Å². The number of rotatable bonds is 4. The van der Waals surface area contributed by atoms with Crippen LogP contribution in [0.15, 0.2) is 65.7 Å². The van der Waals surface area contributed by atoms with Gasteiger partial charge in [-0.05, 0) is 58.6 Å². The van der Waals surface area contributed by atoms with Gasteiger partial charge in [0.2, 0.25) is 0 Å². The van der Waals surface area contributed by atoms with Crippen LogP contribution in [0.5, 0.6) is 0 Å². The molecule has 4 heteroatoms. The van der Waals surface area contributed by atoms with E-state index in [1.165, 1.54) is 16.7 Å². The highest BCUT2D eigenvalue weighted by Gasteiger charge is 2.09. The van der Waals surface area contributed by atoms with Gasteiger partial charge in [-0.15, -0.1) is 0 Å². The Hall–Kier alpha value is -1.96. The summed E-state index contributed by atoms with van der Waals surface area (Å²) in [4.78, 5) is 3.91. The van der Waals surface area contributed by atoms with Crippen molar-refractivity contribution in [1.29, 1.82) is 0 Å². The minimum atomic E-state index is 0.453. The molecule has 0 unspecified atom stereocenters. The average Bonchev–Trinajstić information content (AvgIpc) is 2.65. The van der Waals surface area contributed by atoms with Crippen molar-refractivity contribution < 1.29 is 0 Å². The summed E-state index contributed by atoms with van der Waals surface area (Å²) in [5.41, 5.74) is 6.14. The zero-order chi connectivity index (χ0) is 17.8. The fourth-order valence-corrected chi connectivity index (χ4v) is 3.34. The highest BCUT2D eigenvalue weighted by atomic mass is 35.5. The quantitative estimate of drug-likeness (QED) is 0.333. The molecule has 25 heavy (non-hydrogen) atoms. The van der Waals surface area contributed by atoms with Gasteiger partial charge in [0.15, 0.2) is 0 Å². The second-order valence-corrected chi connectivity index (χ2v) is 6.62. The van der Waals surface area contributed by atoms with Gasteiger partial charge in [-0.1, -0.05) is 78.7 Å². The number of benzene rings is 3. The molecule has 1 nitrogen and oxygen atoms in total. The zero-order valence-corrected chi connectivity index (χ0v) is 15.9. The molecular weight excluding hydrogens is 369 g/mol. The predicted octanol–water partition coefficient (Wildman–Crippen LogP) is 7.62. The maximum absolute atomic E-state index is 6.25. The normalized spacial score (nSPS) is 10.4. The van der Waals surface area contributed by atoms with Gasteiger partial charge in [0.1, 0.15) is 5.69 Å². The Morgan fingerprint density at radius 3 is 1.68 bits per heavy atom. The summed E-state index contributed by atoms with van der Waals surface area (Å²) < 4.78 is 0. The summed E-state index contributed by atoms with van der Waals surface area (Å²) in [6.07, 6.45) is 1.05. The molecule has 0 fully saturated rings. The number of halogens is 2. The first-order valence-corrected chi connectivity index (χ1v) is 9.05. The van der Waals surface area contributed by atoms with Crippen molar-refractivity contribution in [1.82, 2.24) is 0 Å². The lowest BCUT2D eigenvalue weighted by molar-refractivity contribution is 1.14. The van der Waals surface area contributed by atoms with Gasteiger partial charge in [0.25, 0.3) is 0 Å². The standard InChI is InChI=1S/C21H15Cl2NS/c1-2-14-3-5-15(6-4-14)16-7-9-17(10-8-16)18-11-19(22)21(24-13-25)20(23)12-18/h3-12H,2H2,1H3. The molecule has 0 atom stereocenters. The molecule has 0 aromatic heterocycles. The van der Waals surface area contributed by atoms with Gasteiger partial charge in [0.05, 0.1) is 15.2 Å². The Bertz CT molecular complexity index is 918. The molecule has 0 aliphatic rings. The van der Waals surface area contributed by atoms with E-state index in [-0.39, 0.29) is 0 Å². The van der Waals surface area contributed by atoms with Crippen molar-refractivity contribution >= 4 is 46.3 Å². The lowest BCUT2D eigenvalue weighted by Crippen LogP contribution is -1.83. The van der Waals surface area contributed by atoms with Crippen molar-refractivity contribution in [3.05, 3.63) is 76.3 Å². The molecule has 0 saturated carbocycles. The molecule has 0 saturated heterocycles. The van der Waals surface area contributed by atoms with Crippen molar-refractivity contribution in [3.63, 3.8) is 0 Å². The van der Waals surface area contributed by atoms with E-state index in [9.17, 15) is 0 Å². The maximum atomic E-state index is 6.25. The molecule has 0 aliphatic carbocycles. The summed E-state index contributed by atoms with van der Waals surface area (Å²) in [5.74, 6) is 0. The third kappa shape index (κ3) is 4.00. The number of isothiocyanates is 1. The fraction of sp³-hybridized carbons (Fsp3) is 0.0952. The van der Waals surface area contributed by atoms with E-state index >= 15 is 0 Å². The van der Waals surface area contributed by atoms with Crippen LogP contribution in [-0.4, -0.2) is 5.16 Å². The minimum Gasteiger partial charge on any atom is -0.192 e. The van der Waals surface area contributed by atoms with Gasteiger partial charge in [-0.3, -0.25) is 0 Å². The number of nitrogens with zero attached hydrogens (tertiary/aromatic N) is 1. The zero-order valence-electron chi connectivity index (χ0n) is 13.6. The lowest BCUT2D eigenvalue weighted by Gasteiger charge is -2.08. The fourth-order valence-electron chi connectivity index (χ4n) is 2.67. The smallest absolute Gasteiger partial charge is 0.111 e. The number of hydrogen-bond donors (Lipinski definition) is 0. The van der Waals surface area contributed by atoms with E-state index in [4.69, 9.17) is 23.2 Å². The monoisotopic (exact) mass is 383 g/mol. The van der Waals surface area contributed by atoms with E-state index in [0.29, 0.717) is 15.7 Å². The van der Waals surface area contributed by atoms with E-state index in [1.54, 1.807) is 0 Å². The van der Waals surface area contributed by atoms with Crippen LogP contribution in [0.25, 0.3) is 22.3 Å². The largest absolute Gasteiger partial charge is 0.192 e. The van der Waals surface area contributed by atoms with Crippen LogP contribution in [0.2, 0.25) is 10.0 Å². The summed E-state index contributed by atoms with van der Waals surface area (Å²) in [5, 5.41) is 3.21. The van der Waals surface area contributed by atoms with Crippen LogP contribution in [0, 0.1) is 0 Å². The van der Waals surface area contributed by atoms with Gasteiger partial charge in [-0.25, -0.2) is 0 Å².